The summed E-state index contributed by atoms with van der Waals surface area (Å²) in [5, 5.41) is 0. The average Bonchev–Trinajstić information content (AvgIpc) is 3.40. The van der Waals surface area contributed by atoms with Gasteiger partial charge in [0.05, 0.1) is 0 Å². The van der Waals surface area contributed by atoms with E-state index in [1.54, 1.807) is 0 Å². The number of halogens is 2. The molecule has 2 heterocycles. The van der Waals surface area contributed by atoms with Gasteiger partial charge in [-0.3, -0.25) is 28.5 Å². The molecule has 0 aromatic carbocycles. The fourth-order valence-electron chi connectivity index (χ4n) is 1.05. The Labute approximate surface area is 203 Å². The van der Waals surface area contributed by atoms with Crippen molar-refractivity contribution in [3.8, 4) is 0 Å². The molecule has 0 aliphatic heterocycles. The Bertz CT molecular complexity index is 407. The van der Waals surface area contributed by atoms with Crippen LogP contribution in [0.4, 0.5) is 0 Å². The predicted molar refractivity (Wildman–Crippen MR) is 97.7 cm³/mol. The van der Waals surface area contributed by atoms with Crippen molar-refractivity contribution in [2.75, 3.05) is 0 Å². The molecule has 0 nitrogen and oxygen atoms in total. The molecule has 2 aromatic rings. The van der Waals surface area contributed by atoms with E-state index in [0.29, 0.717) is 0 Å². The largest absolute Gasteiger partial charge is 2.00 e. The normalized spacial score (nSPS) is 12.0. The molecule has 0 saturated heterocycles. The monoisotopic (exact) mass is 582 g/mol. The molecule has 0 bridgehead atoms. The first-order valence-corrected chi connectivity index (χ1v) is 10.2. The van der Waals surface area contributed by atoms with Gasteiger partial charge in [0.25, 0.3) is 0 Å². The van der Waals surface area contributed by atoms with Gasteiger partial charge in [0.1, 0.15) is 0 Å². The van der Waals surface area contributed by atoms with Crippen LogP contribution in [0.2, 0.25) is 0 Å². The van der Waals surface area contributed by atoms with E-state index in [-0.39, 0.29) is 77.2 Å². The molecular formula is C16H16Cl2P4Zr2-2. The van der Waals surface area contributed by atoms with Crippen LogP contribution in [0.3, 0.4) is 0 Å². The third kappa shape index (κ3) is 26.0. The Balaban J connectivity index is -0.000000105. The summed E-state index contributed by atoms with van der Waals surface area (Å²) < 4.78 is 0. The smallest absolute Gasteiger partial charge is 1.00 e. The van der Waals surface area contributed by atoms with Gasteiger partial charge in [0.15, 0.2) is 0 Å². The molecule has 24 heavy (non-hydrogen) atoms. The minimum absolute atomic E-state index is 0. The van der Waals surface area contributed by atoms with Gasteiger partial charge in [-0.25, -0.2) is 40.7 Å². The first-order chi connectivity index (χ1) is 10.0. The van der Waals surface area contributed by atoms with Gasteiger partial charge in [0.2, 0.25) is 0 Å². The maximum absolute atomic E-state index is 3.11. The molecule has 8 heteroatoms. The van der Waals surface area contributed by atoms with Gasteiger partial charge < -0.3 is 24.8 Å². The van der Waals surface area contributed by atoms with E-state index in [0.717, 1.165) is 29.2 Å². The van der Waals surface area contributed by atoms with Gasteiger partial charge in [-0.1, -0.05) is 0 Å². The van der Waals surface area contributed by atoms with Crippen LogP contribution in [0.15, 0.2) is 59.6 Å². The molecule has 0 amide bonds. The standard InChI is InChI=1S/2C5H5.2C3H3P2.2ClH.2Zr/c2*1-2-4-5-3-1;2*1-2-5-3-4-1;;;;/h2*1-3H,4H2;2*1-2,4H;2*1H;;/q4*-1;;;2*+2/p-2. The summed E-state index contributed by atoms with van der Waals surface area (Å²) in [5.41, 5.74) is 6.22. The van der Waals surface area contributed by atoms with Crippen LogP contribution in [-0.4, -0.2) is 0 Å². The van der Waals surface area contributed by atoms with Gasteiger partial charge >= 0.3 is 52.4 Å². The zero-order chi connectivity index (χ0) is 14.1. The molecule has 0 N–H and O–H groups in total. The van der Waals surface area contributed by atoms with Crippen LogP contribution in [0, 0.1) is 23.2 Å². The SMILES string of the molecule is [C-]1=CC=CC1.[C-]1=CC=CC1.[Cl-].[Cl-].[Zr+2].[Zr+2].[c-]1pcc[pH]1.[c-]1pcc[pH]1. The van der Waals surface area contributed by atoms with Gasteiger partial charge in [0, 0.05) is 0 Å². The van der Waals surface area contributed by atoms with Crippen molar-refractivity contribution in [2.45, 2.75) is 12.8 Å². The van der Waals surface area contributed by atoms with Crippen LogP contribution < -0.4 is 24.8 Å². The van der Waals surface area contributed by atoms with Crippen LogP contribution in [0.1, 0.15) is 12.8 Å². The minimum Gasteiger partial charge on any atom is -1.00 e. The van der Waals surface area contributed by atoms with E-state index in [9.17, 15) is 0 Å². The quantitative estimate of drug-likeness (QED) is 0.402. The molecule has 2 unspecified atom stereocenters. The van der Waals surface area contributed by atoms with Crippen molar-refractivity contribution < 1.29 is 77.2 Å². The topological polar surface area (TPSA) is 0 Å². The number of hydrogen-bond donors (Lipinski definition) is 0. The summed E-state index contributed by atoms with van der Waals surface area (Å²) in [6.45, 7) is 0. The van der Waals surface area contributed by atoms with Gasteiger partial charge in [-0.15, -0.1) is 23.9 Å². The first kappa shape index (κ1) is 33.3. The van der Waals surface area contributed by atoms with Crippen molar-refractivity contribution in [1.29, 1.82) is 0 Å². The van der Waals surface area contributed by atoms with Crippen molar-refractivity contribution in [2.24, 2.45) is 0 Å². The summed E-state index contributed by atoms with van der Waals surface area (Å²) in [5.74, 6) is 8.50. The molecule has 0 spiro atoms. The van der Waals surface area contributed by atoms with E-state index >= 15 is 0 Å². The zero-order valence-corrected chi connectivity index (χ0v) is 23.1. The summed E-state index contributed by atoms with van der Waals surface area (Å²) in [6, 6.07) is 0. The van der Waals surface area contributed by atoms with Crippen molar-refractivity contribution in [3.05, 3.63) is 82.9 Å². The Kier molecular flexibility index (Phi) is 40.9. The second-order valence-corrected chi connectivity index (χ2v) is 7.55. The molecule has 0 fully saturated rings. The maximum Gasteiger partial charge on any atom is 2.00 e. The van der Waals surface area contributed by atoms with Gasteiger partial charge in [-0.2, -0.15) is 35.3 Å². The first-order valence-electron chi connectivity index (χ1n) is 6.14. The number of allylic oxidation sites excluding steroid dienone is 8. The third-order valence-electron chi connectivity index (χ3n) is 1.89. The van der Waals surface area contributed by atoms with Crippen molar-refractivity contribution >= 4 is 32.8 Å². The van der Waals surface area contributed by atoms with E-state index < -0.39 is 0 Å². The Morgan fingerprint density at radius 2 is 1.12 bits per heavy atom. The average molecular weight is 586 g/mol. The van der Waals surface area contributed by atoms with E-state index in [1.807, 2.05) is 24.3 Å². The molecule has 4 rings (SSSR count). The molecule has 0 saturated carbocycles. The summed E-state index contributed by atoms with van der Waals surface area (Å²) in [4.78, 5) is 0. The van der Waals surface area contributed by atoms with Crippen molar-refractivity contribution in [1.82, 2.24) is 0 Å². The zero-order valence-electron chi connectivity index (χ0n) is 12.8. The second kappa shape index (κ2) is 29.5. The Morgan fingerprint density at radius 1 is 0.708 bits per heavy atom. The predicted octanol–water partition coefficient (Wildman–Crippen LogP) is 0.811. The van der Waals surface area contributed by atoms with Gasteiger partial charge in [-0.05, 0) is 0 Å². The number of hydrogen-bond acceptors (Lipinski definition) is 0. The fraction of sp³-hybridized carbons (Fsp3) is 0.125. The summed E-state index contributed by atoms with van der Waals surface area (Å²) >= 11 is 0. The second-order valence-electron chi connectivity index (χ2n) is 3.41. The van der Waals surface area contributed by atoms with Crippen molar-refractivity contribution in [3.63, 3.8) is 0 Å². The molecule has 2 aromatic heterocycles. The molecular weight excluding hydrogens is 569 g/mol. The maximum atomic E-state index is 3.11. The number of rotatable bonds is 0. The van der Waals surface area contributed by atoms with Crippen LogP contribution in [0.5, 0.6) is 0 Å². The fourth-order valence-corrected chi connectivity index (χ4v) is 4.03. The van der Waals surface area contributed by atoms with Crippen LogP contribution in [0.25, 0.3) is 0 Å². The van der Waals surface area contributed by atoms with Crippen LogP contribution in [-0.2, 0) is 52.4 Å². The van der Waals surface area contributed by atoms with Crippen LogP contribution >= 0.6 is 32.8 Å². The molecule has 2 atom stereocenters. The third-order valence-corrected chi connectivity index (χ3v) is 5.78. The Hall–Kier alpha value is 1.73. The summed E-state index contributed by atoms with van der Waals surface area (Å²) in [7, 11) is 4.28. The molecule has 2 aliphatic rings. The molecule has 124 valence electrons. The van der Waals surface area contributed by atoms with E-state index in [1.165, 1.54) is 16.4 Å². The van der Waals surface area contributed by atoms with E-state index in [4.69, 9.17) is 0 Å². The Morgan fingerprint density at radius 3 is 1.21 bits per heavy atom. The molecule has 0 radical (unpaired) electrons. The van der Waals surface area contributed by atoms with E-state index in [2.05, 4.69) is 58.6 Å². The molecule has 2 aliphatic carbocycles. The summed E-state index contributed by atoms with van der Waals surface area (Å²) in [6.07, 6.45) is 20.0. The minimum atomic E-state index is 0.